The van der Waals surface area contributed by atoms with Gasteiger partial charge in [-0.2, -0.15) is 0 Å². The molecule has 1 rings (SSSR count). The summed E-state index contributed by atoms with van der Waals surface area (Å²) in [6.07, 6.45) is 1.67. The molecule has 0 saturated heterocycles. The zero-order chi connectivity index (χ0) is 10.6. The Bertz CT molecular complexity index is 275. The number of hydrogen-bond donors (Lipinski definition) is 2. The monoisotopic (exact) mass is 193 g/mol. The minimum absolute atomic E-state index is 0.273. The molecule has 0 spiro atoms. The highest BCUT2D eigenvalue weighted by Crippen LogP contribution is 2.23. The maximum atomic E-state index is 10.1. The van der Waals surface area contributed by atoms with Crippen LogP contribution in [0.1, 0.15) is 31.4 Å². The highest BCUT2D eigenvalue weighted by atomic mass is 16.3. The molecule has 1 aromatic carbocycles. The summed E-state index contributed by atoms with van der Waals surface area (Å²) in [5.74, 6) is 0. The van der Waals surface area contributed by atoms with Crippen molar-refractivity contribution in [2.75, 3.05) is 6.54 Å². The molecule has 0 aromatic heterocycles. The molecule has 1 aromatic rings. The number of benzene rings is 1. The van der Waals surface area contributed by atoms with Gasteiger partial charge in [-0.15, -0.1) is 0 Å². The summed E-state index contributed by atoms with van der Waals surface area (Å²) in [6, 6.07) is 8.03. The molecule has 1 unspecified atom stereocenters. The van der Waals surface area contributed by atoms with E-state index < -0.39 is 5.60 Å². The molecule has 2 heteroatoms. The van der Waals surface area contributed by atoms with Crippen molar-refractivity contribution in [2.24, 2.45) is 5.73 Å². The molecule has 1 atom stereocenters. The molecule has 3 N–H and O–H groups in total. The van der Waals surface area contributed by atoms with Gasteiger partial charge in [0.1, 0.15) is 5.60 Å². The third-order valence-electron chi connectivity index (χ3n) is 2.82. The lowest BCUT2D eigenvalue weighted by atomic mass is 9.90. The van der Waals surface area contributed by atoms with Gasteiger partial charge in [-0.1, -0.05) is 38.1 Å². The van der Waals surface area contributed by atoms with Crippen molar-refractivity contribution in [3.8, 4) is 0 Å². The highest BCUT2D eigenvalue weighted by molar-refractivity contribution is 5.27. The van der Waals surface area contributed by atoms with Crippen molar-refractivity contribution in [3.05, 3.63) is 35.4 Å². The van der Waals surface area contributed by atoms with Crippen LogP contribution in [-0.2, 0) is 12.0 Å². The van der Waals surface area contributed by atoms with Gasteiger partial charge < -0.3 is 10.8 Å². The lowest BCUT2D eigenvalue weighted by Crippen LogP contribution is -2.34. The quantitative estimate of drug-likeness (QED) is 0.766. The number of hydrogen-bond acceptors (Lipinski definition) is 2. The van der Waals surface area contributed by atoms with E-state index in [1.54, 1.807) is 0 Å². The second-order valence-electron chi connectivity index (χ2n) is 3.64. The van der Waals surface area contributed by atoms with Crippen LogP contribution in [0.3, 0.4) is 0 Å². The second kappa shape index (κ2) is 4.58. The maximum Gasteiger partial charge on any atom is 0.102 e. The van der Waals surface area contributed by atoms with Crippen LogP contribution in [0.2, 0.25) is 0 Å². The molecule has 0 aliphatic rings. The number of aryl methyl sites for hydroxylation is 1. The minimum Gasteiger partial charge on any atom is -0.384 e. The van der Waals surface area contributed by atoms with Gasteiger partial charge in [-0.05, 0) is 24.0 Å². The molecule has 0 amide bonds. The molecule has 0 heterocycles. The van der Waals surface area contributed by atoms with Gasteiger partial charge in [0, 0.05) is 6.54 Å². The van der Waals surface area contributed by atoms with Gasteiger partial charge in [0.05, 0.1) is 0 Å². The predicted molar refractivity (Wildman–Crippen MR) is 59.1 cm³/mol. The van der Waals surface area contributed by atoms with Gasteiger partial charge >= 0.3 is 0 Å². The average Bonchev–Trinajstić information content (AvgIpc) is 2.28. The Hall–Kier alpha value is -0.860. The fourth-order valence-electron chi connectivity index (χ4n) is 1.52. The first-order valence-electron chi connectivity index (χ1n) is 5.18. The van der Waals surface area contributed by atoms with Crippen molar-refractivity contribution >= 4 is 0 Å². The van der Waals surface area contributed by atoms with Crippen LogP contribution in [0.15, 0.2) is 24.3 Å². The zero-order valence-corrected chi connectivity index (χ0v) is 8.96. The van der Waals surface area contributed by atoms with Crippen LogP contribution < -0.4 is 5.73 Å². The summed E-state index contributed by atoms with van der Waals surface area (Å²) in [5.41, 5.74) is 6.91. The normalized spacial score (nSPS) is 15.1. The Morgan fingerprint density at radius 1 is 1.21 bits per heavy atom. The molecule has 0 fully saturated rings. The van der Waals surface area contributed by atoms with Gasteiger partial charge in [0.15, 0.2) is 0 Å². The van der Waals surface area contributed by atoms with Crippen molar-refractivity contribution in [2.45, 2.75) is 32.3 Å². The minimum atomic E-state index is -0.855. The molecule has 14 heavy (non-hydrogen) atoms. The third kappa shape index (κ3) is 2.14. The molecule has 2 nitrogen and oxygen atoms in total. The first-order chi connectivity index (χ1) is 6.66. The fourth-order valence-corrected chi connectivity index (χ4v) is 1.52. The Morgan fingerprint density at radius 2 is 1.79 bits per heavy atom. The van der Waals surface area contributed by atoms with Crippen molar-refractivity contribution in [1.29, 1.82) is 0 Å². The largest absolute Gasteiger partial charge is 0.384 e. The number of nitrogens with two attached hydrogens (primary N) is 1. The van der Waals surface area contributed by atoms with Gasteiger partial charge in [-0.3, -0.25) is 0 Å². The number of aliphatic hydroxyl groups is 1. The van der Waals surface area contributed by atoms with E-state index in [1.165, 1.54) is 5.56 Å². The fraction of sp³-hybridized carbons (Fsp3) is 0.500. The van der Waals surface area contributed by atoms with E-state index >= 15 is 0 Å². The first-order valence-corrected chi connectivity index (χ1v) is 5.18. The average molecular weight is 193 g/mol. The van der Waals surface area contributed by atoms with Gasteiger partial charge in [0.2, 0.25) is 0 Å². The summed E-state index contributed by atoms with van der Waals surface area (Å²) >= 11 is 0. The van der Waals surface area contributed by atoms with Gasteiger partial charge in [0.25, 0.3) is 0 Å². The highest BCUT2D eigenvalue weighted by Gasteiger charge is 2.24. The van der Waals surface area contributed by atoms with E-state index in [1.807, 2.05) is 31.2 Å². The number of rotatable bonds is 4. The maximum absolute atomic E-state index is 10.1. The van der Waals surface area contributed by atoms with Crippen molar-refractivity contribution in [1.82, 2.24) is 0 Å². The Labute approximate surface area is 85.8 Å². The van der Waals surface area contributed by atoms with Crippen LogP contribution in [0.5, 0.6) is 0 Å². The molecule has 0 aliphatic heterocycles. The summed E-state index contributed by atoms with van der Waals surface area (Å²) in [4.78, 5) is 0. The van der Waals surface area contributed by atoms with Crippen LogP contribution in [0.25, 0.3) is 0 Å². The van der Waals surface area contributed by atoms with E-state index in [4.69, 9.17) is 5.73 Å². The van der Waals surface area contributed by atoms with E-state index in [-0.39, 0.29) is 6.54 Å². The van der Waals surface area contributed by atoms with Gasteiger partial charge in [-0.25, -0.2) is 0 Å². The lowest BCUT2D eigenvalue weighted by Gasteiger charge is -2.25. The lowest BCUT2D eigenvalue weighted by molar-refractivity contribution is 0.0418. The summed E-state index contributed by atoms with van der Waals surface area (Å²) in [6.45, 7) is 4.33. The Kier molecular flexibility index (Phi) is 3.67. The molecular weight excluding hydrogens is 174 g/mol. The second-order valence-corrected chi connectivity index (χ2v) is 3.64. The standard InChI is InChI=1S/C12H19NO/c1-3-10-5-7-11(8-6-10)12(14,4-2)9-13/h5-8,14H,3-4,9,13H2,1-2H3. The summed E-state index contributed by atoms with van der Waals surface area (Å²) in [5, 5.41) is 10.1. The van der Waals surface area contributed by atoms with E-state index in [2.05, 4.69) is 6.92 Å². The molecule has 0 saturated carbocycles. The Morgan fingerprint density at radius 3 is 2.14 bits per heavy atom. The summed E-state index contributed by atoms with van der Waals surface area (Å²) < 4.78 is 0. The molecule has 0 bridgehead atoms. The van der Waals surface area contributed by atoms with E-state index in [0.29, 0.717) is 6.42 Å². The molecule has 0 aliphatic carbocycles. The molecule has 78 valence electrons. The van der Waals surface area contributed by atoms with E-state index in [0.717, 1.165) is 12.0 Å². The van der Waals surface area contributed by atoms with Crippen LogP contribution in [0.4, 0.5) is 0 Å². The smallest absolute Gasteiger partial charge is 0.102 e. The van der Waals surface area contributed by atoms with Crippen LogP contribution in [0, 0.1) is 0 Å². The topological polar surface area (TPSA) is 46.2 Å². The SMILES string of the molecule is CCc1ccc(C(O)(CC)CN)cc1. The van der Waals surface area contributed by atoms with Crippen LogP contribution in [-0.4, -0.2) is 11.7 Å². The van der Waals surface area contributed by atoms with Crippen LogP contribution >= 0.6 is 0 Å². The first kappa shape index (κ1) is 11.2. The predicted octanol–water partition coefficient (Wildman–Crippen LogP) is 1.81. The van der Waals surface area contributed by atoms with Crippen molar-refractivity contribution < 1.29 is 5.11 Å². The van der Waals surface area contributed by atoms with Crippen molar-refractivity contribution in [3.63, 3.8) is 0 Å². The molecular formula is C12H19NO. The Balaban J connectivity index is 2.95. The molecule has 0 radical (unpaired) electrons. The van der Waals surface area contributed by atoms with E-state index in [9.17, 15) is 5.11 Å². The summed E-state index contributed by atoms with van der Waals surface area (Å²) in [7, 11) is 0. The zero-order valence-electron chi connectivity index (χ0n) is 8.96. The third-order valence-corrected chi connectivity index (χ3v) is 2.82.